The van der Waals surface area contributed by atoms with Crippen LogP contribution < -0.4 is 10.6 Å². The molecule has 1 heterocycles. The number of thioether (sulfide) groups is 1. The standard InChI is InChI=1S/C15H26FN3S/c1-14(2,3)19-9-11-7-8-17-13(12(11)16)18-10-15(4,5)20-6/h7-8,19H,9-10H2,1-6H3,(H,17,18). The van der Waals surface area contributed by atoms with Gasteiger partial charge < -0.3 is 10.6 Å². The van der Waals surface area contributed by atoms with Gasteiger partial charge in [-0.15, -0.1) is 0 Å². The van der Waals surface area contributed by atoms with Gasteiger partial charge in [0.2, 0.25) is 0 Å². The molecule has 2 N–H and O–H groups in total. The van der Waals surface area contributed by atoms with Gasteiger partial charge in [-0.25, -0.2) is 9.37 Å². The molecule has 1 aromatic heterocycles. The molecule has 0 unspecified atom stereocenters. The molecule has 1 aromatic rings. The molecule has 5 heteroatoms. The van der Waals surface area contributed by atoms with Crippen molar-refractivity contribution in [2.75, 3.05) is 18.1 Å². The summed E-state index contributed by atoms with van der Waals surface area (Å²) in [5.74, 6) is 0.0708. The number of hydrogen-bond donors (Lipinski definition) is 2. The van der Waals surface area contributed by atoms with Gasteiger partial charge >= 0.3 is 0 Å². The molecule has 0 aliphatic heterocycles. The van der Waals surface area contributed by atoms with Gasteiger partial charge in [-0.1, -0.05) is 0 Å². The van der Waals surface area contributed by atoms with Crippen molar-refractivity contribution in [2.24, 2.45) is 0 Å². The highest BCUT2D eigenvalue weighted by molar-refractivity contribution is 7.99. The smallest absolute Gasteiger partial charge is 0.169 e. The minimum absolute atomic E-state index is 0.0376. The number of pyridine rings is 1. The lowest BCUT2D eigenvalue weighted by atomic mass is 10.1. The largest absolute Gasteiger partial charge is 0.366 e. The molecule has 0 aliphatic carbocycles. The van der Waals surface area contributed by atoms with E-state index < -0.39 is 0 Å². The SMILES string of the molecule is CSC(C)(C)CNc1nccc(CNC(C)(C)C)c1F. The lowest BCUT2D eigenvalue weighted by Gasteiger charge is -2.23. The van der Waals surface area contributed by atoms with Gasteiger partial charge in [0, 0.05) is 35.1 Å². The monoisotopic (exact) mass is 299 g/mol. The van der Waals surface area contributed by atoms with E-state index in [1.54, 1.807) is 24.0 Å². The summed E-state index contributed by atoms with van der Waals surface area (Å²) in [5.41, 5.74) is 0.601. The van der Waals surface area contributed by atoms with Crippen molar-refractivity contribution in [3.05, 3.63) is 23.6 Å². The first kappa shape index (κ1) is 17.2. The molecule has 0 bridgehead atoms. The van der Waals surface area contributed by atoms with Crippen LogP contribution in [0.2, 0.25) is 0 Å². The lowest BCUT2D eigenvalue weighted by molar-refractivity contribution is 0.418. The van der Waals surface area contributed by atoms with Crippen LogP contribution in [0.4, 0.5) is 10.2 Å². The summed E-state index contributed by atoms with van der Waals surface area (Å²) >= 11 is 1.74. The Labute approximate surface area is 126 Å². The number of rotatable bonds is 6. The number of aromatic nitrogens is 1. The summed E-state index contributed by atoms with van der Waals surface area (Å²) < 4.78 is 14.4. The Kier molecular flexibility index (Phi) is 5.83. The summed E-state index contributed by atoms with van der Waals surface area (Å²) in [6.45, 7) is 11.6. The third-order valence-corrected chi connectivity index (χ3v) is 4.26. The summed E-state index contributed by atoms with van der Waals surface area (Å²) in [6.07, 6.45) is 3.70. The van der Waals surface area contributed by atoms with Crippen molar-refractivity contribution in [3.8, 4) is 0 Å². The van der Waals surface area contributed by atoms with E-state index in [4.69, 9.17) is 0 Å². The molecule has 0 radical (unpaired) electrons. The van der Waals surface area contributed by atoms with Crippen LogP contribution in [0.3, 0.4) is 0 Å². The van der Waals surface area contributed by atoms with Crippen LogP contribution in [-0.2, 0) is 6.54 Å². The van der Waals surface area contributed by atoms with E-state index in [2.05, 4.69) is 56.5 Å². The minimum atomic E-state index is -0.263. The van der Waals surface area contributed by atoms with Crippen molar-refractivity contribution < 1.29 is 4.39 Å². The van der Waals surface area contributed by atoms with Crippen LogP contribution in [-0.4, -0.2) is 28.1 Å². The van der Waals surface area contributed by atoms with Crippen molar-refractivity contribution in [1.82, 2.24) is 10.3 Å². The fraction of sp³-hybridized carbons (Fsp3) is 0.667. The molecule has 0 amide bonds. The van der Waals surface area contributed by atoms with Crippen LogP contribution in [0, 0.1) is 5.82 Å². The first-order valence-electron chi connectivity index (χ1n) is 6.82. The van der Waals surface area contributed by atoms with Crippen LogP contribution in [0.5, 0.6) is 0 Å². The molecular formula is C15H26FN3S. The van der Waals surface area contributed by atoms with Gasteiger partial charge in [-0.2, -0.15) is 11.8 Å². The van der Waals surface area contributed by atoms with Crippen LogP contribution in [0.25, 0.3) is 0 Å². The van der Waals surface area contributed by atoms with Gasteiger partial charge in [0.05, 0.1) is 0 Å². The summed E-state index contributed by atoms with van der Waals surface area (Å²) in [5, 5.41) is 6.40. The molecule has 0 fully saturated rings. The highest BCUT2D eigenvalue weighted by Crippen LogP contribution is 2.23. The number of halogens is 1. The first-order chi connectivity index (χ1) is 9.14. The lowest BCUT2D eigenvalue weighted by Crippen LogP contribution is -2.35. The Morgan fingerprint density at radius 3 is 2.45 bits per heavy atom. The normalized spacial score (nSPS) is 12.6. The van der Waals surface area contributed by atoms with Gasteiger partial charge in [-0.05, 0) is 46.9 Å². The van der Waals surface area contributed by atoms with Crippen molar-refractivity contribution in [2.45, 2.75) is 51.4 Å². The van der Waals surface area contributed by atoms with Crippen molar-refractivity contribution in [3.63, 3.8) is 0 Å². The molecule has 114 valence electrons. The second-order valence-electron chi connectivity index (χ2n) is 6.55. The Hall–Kier alpha value is -0.810. The topological polar surface area (TPSA) is 37.0 Å². The second-order valence-corrected chi connectivity index (χ2v) is 8.07. The van der Waals surface area contributed by atoms with E-state index in [1.807, 2.05) is 0 Å². The predicted octanol–water partition coefficient (Wildman–Crippen LogP) is 3.66. The van der Waals surface area contributed by atoms with E-state index >= 15 is 0 Å². The van der Waals surface area contributed by atoms with Crippen molar-refractivity contribution >= 4 is 17.6 Å². The van der Waals surface area contributed by atoms with Gasteiger partial charge in [0.25, 0.3) is 0 Å². The maximum Gasteiger partial charge on any atom is 0.169 e. The van der Waals surface area contributed by atoms with E-state index in [1.165, 1.54) is 0 Å². The Balaban J connectivity index is 2.75. The van der Waals surface area contributed by atoms with Crippen LogP contribution in [0.15, 0.2) is 12.3 Å². The average Bonchev–Trinajstić information content (AvgIpc) is 2.35. The fourth-order valence-electron chi connectivity index (χ4n) is 1.47. The first-order valence-corrected chi connectivity index (χ1v) is 8.04. The average molecular weight is 299 g/mol. The van der Waals surface area contributed by atoms with Gasteiger partial charge in [-0.3, -0.25) is 0 Å². The molecule has 0 saturated carbocycles. The third-order valence-electron chi connectivity index (χ3n) is 3.01. The number of hydrogen-bond acceptors (Lipinski definition) is 4. The molecule has 0 spiro atoms. The summed E-state index contributed by atoms with van der Waals surface area (Å²) in [7, 11) is 0. The summed E-state index contributed by atoms with van der Waals surface area (Å²) in [4.78, 5) is 4.10. The molecule has 0 atom stereocenters. The van der Waals surface area contributed by atoms with E-state index in [9.17, 15) is 4.39 Å². The third kappa shape index (κ3) is 5.67. The molecular weight excluding hydrogens is 273 g/mol. The van der Waals surface area contributed by atoms with Crippen LogP contribution >= 0.6 is 11.8 Å². The zero-order valence-electron chi connectivity index (χ0n) is 13.3. The molecule has 0 saturated heterocycles. The second kappa shape index (κ2) is 6.76. The molecule has 0 aliphatic rings. The molecule has 1 rings (SSSR count). The highest BCUT2D eigenvalue weighted by Gasteiger charge is 2.18. The van der Waals surface area contributed by atoms with Gasteiger partial charge in [0.15, 0.2) is 11.6 Å². The number of nitrogens with one attached hydrogen (secondary N) is 2. The van der Waals surface area contributed by atoms with E-state index in [0.717, 1.165) is 0 Å². The Bertz CT molecular complexity index is 441. The Morgan fingerprint density at radius 1 is 1.25 bits per heavy atom. The molecule has 0 aromatic carbocycles. The van der Waals surface area contributed by atoms with Gasteiger partial charge in [0.1, 0.15) is 0 Å². The fourth-order valence-corrected chi connectivity index (χ4v) is 1.69. The summed E-state index contributed by atoms with van der Waals surface area (Å²) in [6, 6.07) is 1.72. The number of nitrogens with zero attached hydrogens (tertiary/aromatic N) is 1. The maximum absolute atomic E-state index is 14.4. The number of anilines is 1. The zero-order valence-corrected chi connectivity index (χ0v) is 14.1. The Morgan fingerprint density at radius 2 is 1.90 bits per heavy atom. The molecule has 20 heavy (non-hydrogen) atoms. The van der Waals surface area contributed by atoms with E-state index in [0.29, 0.717) is 24.5 Å². The zero-order chi connectivity index (χ0) is 15.4. The van der Waals surface area contributed by atoms with Crippen molar-refractivity contribution in [1.29, 1.82) is 0 Å². The molecule has 3 nitrogen and oxygen atoms in total. The predicted molar refractivity (Wildman–Crippen MR) is 86.9 cm³/mol. The maximum atomic E-state index is 14.4. The quantitative estimate of drug-likeness (QED) is 0.840. The minimum Gasteiger partial charge on any atom is -0.366 e. The van der Waals surface area contributed by atoms with Crippen LogP contribution in [0.1, 0.15) is 40.2 Å². The highest BCUT2D eigenvalue weighted by atomic mass is 32.2. The van der Waals surface area contributed by atoms with E-state index in [-0.39, 0.29) is 16.1 Å².